The number of fused-ring (bicyclic) bond motifs is 1. The van der Waals surface area contributed by atoms with Gasteiger partial charge in [0.2, 0.25) is 0 Å². The fourth-order valence-electron chi connectivity index (χ4n) is 1.07. The zero-order valence-electron chi connectivity index (χ0n) is 6.46. The van der Waals surface area contributed by atoms with Crippen molar-refractivity contribution in [2.24, 2.45) is 0 Å². The minimum absolute atomic E-state index is 0.491. The highest BCUT2D eigenvalue weighted by Gasteiger charge is 2.07. The molecule has 1 aromatic carbocycles. The summed E-state index contributed by atoms with van der Waals surface area (Å²) in [6.45, 7) is 0. The van der Waals surface area contributed by atoms with Crippen LogP contribution < -0.4 is 5.73 Å². The number of rotatable bonds is 0. The fraction of sp³-hybridized carbons (Fsp3) is 0. The van der Waals surface area contributed by atoms with Crippen molar-refractivity contribution in [3.63, 3.8) is 0 Å². The van der Waals surface area contributed by atoms with E-state index in [2.05, 4.69) is 25.9 Å². The smallest absolute Gasteiger partial charge is 0.116 e. The van der Waals surface area contributed by atoms with E-state index in [0.29, 0.717) is 10.7 Å². The maximum Gasteiger partial charge on any atom is 0.116 e. The van der Waals surface area contributed by atoms with Crippen molar-refractivity contribution in [3.05, 3.63) is 28.1 Å². The van der Waals surface area contributed by atoms with Gasteiger partial charge in [0.05, 0.1) is 16.2 Å². The zero-order chi connectivity index (χ0) is 9.42. The number of nitrogens with zero attached hydrogens (tertiary/aromatic N) is 2. The minimum atomic E-state index is 0.491. The highest BCUT2D eigenvalue weighted by Crippen LogP contribution is 2.33. The van der Waals surface area contributed by atoms with Crippen molar-refractivity contribution in [1.82, 2.24) is 9.97 Å². The molecule has 0 radical (unpaired) electrons. The molecule has 0 bridgehead atoms. The molecule has 1 aromatic heterocycles. The van der Waals surface area contributed by atoms with Crippen LogP contribution >= 0.6 is 27.5 Å². The van der Waals surface area contributed by atoms with Crippen molar-refractivity contribution in [2.45, 2.75) is 0 Å². The standard InChI is InChI=1S/C8H5BrClN3/c9-5-1-6-4(2-12-3-13-6)7(10)8(5)11/h1-3H,11H2. The largest absolute Gasteiger partial charge is 0.397 e. The molecule has 2 aromatic rings. The van der Waals surface area contributed by atoms with Gasteiger partial charge >= 0.3 is 0 Å². The lowest BCUT2D eigenvalue weighted by molar-refractivity contribution is 1.22. The van der Waals surface area contributed by atoms with Gasteiger partial charge in [-0.05, 0) is 22.0 Å². The summed E-state index contributed by atoms with van der Waals surface area (Å²) >= 11 is 9.29. The first-order chi connectivity index (χ1) is 6.20. The van der Waals surface area contributed by atoms with Crippen molar-refractivity contribution in [2.75, 3.05) is 5.73 Å². The molecule has 0 aliphatic carbocycles. The van der Waals surface area contributed by atoms with Gasteiger partial charge < -0.3 is 5.73 Å². The first-order valence-electron chi connectivity index (χ1n) is 3.53. The molecule has 0 unspecified atom stereocenters. The molecule has 0 atom stereocenters. The van der Waals surface area contributed by atoms with Crippen LogP contribution in [0.1, 0.15) is 0 Å². The van der Waals surface area contributed by atoms with E-state index in [0.717, 1.165) is 15.4 Å². The first kappa shape index (κ1) is 8.72. The third kappa shape index (κ3) is 1.36. The average Bonchev–Trinajstić information content (AvgIpc) is 2.15. The Kier molecular flexibility index (Phi) is 2.09. The second kappa shape index (κ2) is 3.12. The number of halogens is 2. The molecule has 0 spiro atoms. The molecule has 3 nitrogen and oxygen atoms in total. The van der Waals surface area contributed by atoms with Crippen LogP contribution in [0.5, 0.6) is 0 Å². The van der Waals surface area contributed by atoms with Gasteiger partial charge in [0, 0.05) is 16.1 Å². The Hall–Kier alpha value is -0.870. The molecule has 2 rings (SSSR count). The second-order valence-electron chi connectivity index (χ2n) is 2.54. The van der Waals surface area contributed by atoms with Gasteiger partial charge in [-0.25, -0.2) is 9.97 Å². The number of nitrogens with two attached hydrogens (primary N) is 1. The molecular formula is C8H5BrClN3. The molecule has 13 heavy (non-hydrogen) atoms. The topological polar surface area (TPSA) is 51.8 Å². The van der Waals surface area contributed by atoms with Crippen LogP contribution in [-0.2, 0) is 0 Å². The Bertz CT molecular complexity index is 472. The maximum atomic E-state index is 6.00. The van der Waals surface area contributed by atoms with Crippen LogP contribution in [0.15, 0.2) is 23.1 Å². The second-order valence-corrected chi connectivity index (χ2v) is 3.77. The maximum absolute atomic E-state index is 6.00. The third-order valence-electron chi connectivity index (χ3n) is 1.74. The number of hydrogen-bond donors (Lipinski definition) is 1. The molecule has 0 aliphatic heterocycles. The zero-order valence-corrected chi connectivity index (χ0v) is 8.80. The van der Waals surface area contributed by atoms with Crippen molar-refractivity contribution >= 4 is 44.1 Å². The highest BCUT2D eigenvalue weighted by atomic mass is 79.9. The molecule has 2 N–H and O–H groups in total. The van der Waals surface area contributed by atoms with Crippen LogP contribution in [0.2, 0.25) is 5.02 Å². The highest BCUT2D eigenvalue weighted by molar-refractivity contribution is 9.10. The summed E-state index contributed by atoms with van der Waals surface area (Å²) in [7, 11) is 0. The number of nitrogen functional groups attached to an aromatic ring is 1. The Morgan fingerprint density at radius 1 is 1.46 bits per heavy atom. The van der Waals surface area contributed by atoms with Gasteiger partial charge in [0.25, 0.3) is 0 Å². The molecule has 5 heteroatoms. The van der Waals surface area contributed by atoms with Crippen molar-refractivity contribution in [3.8, 4) is 0 Å². The first-order valence-corrected chi connectivity index (χ1v) is 4.70. The lowest BCUT2D eigenvalue weighted by Crippen LogP contribution is -1.91. The van der Waals surface area contributed by atoms with Gasteiger partial charge in [0.15, 0.2) is 0 Å². The monoisotopic (exact) mass is 257 g/mol. The quantitative estimate of drug-likeness (QED) is 0.739. The summed E-state index contributed by atoms with van der Waals surface area (Å²) in [5.74, 6) is 0. The van der Waals surface area contributed by atoms with Crippen LogP contribution in [0.3, 0.4) is 0 Å². The van der Waals surface area contributed by atoms with Gasteiger partial charge in [-0.2, -0.15) is 0 Å². The Morgan fingerprint density at radius 2 is 2.23 bits per heavy atom. The normalized spacial score (nSPS) is 10.6. The summed E-state index contributed by atoms with van der Waals surface area (Å²) < 4.78 is 0.753. The van der Waals surface area contributed by atoms with E-state index < -0.39 is 0 Å². The van der Waals surface area contributed by atoms with E-state index in [1.54, 1.807) is 6.20 Å². The molecule has 0 aliphatic rings. The Labute approximate surface area is 88.1 Å². The van der Waals surface area contributed by atoms with E-state index in [1.165, 1.54) is 6.33 Å². The average molecular weight is 259 g/mol. The van der Waals surface area contributed by atoms with E-state index in [4.69, 9.17) is 17.3 Å². The van der Waals surface area contributed by atoms with Gasteiger partial charge in [-0.15, -0.1) is 0 Å². The van der Waals surface area contributed by atoms with Gasteiger partial charge in [0.1, 0.15) is 6.33 Å². The molecule has 0 saturated carbocycles. The van der Waals surface area contributed by atoms with E-state index in [-0.39, 0.29) is 0 Å². The molecular weight excluding hydrogens is 253 g/mol. The van der Waals surface area contributed by atoms with E-state index >= 15 is 0 Å². The van der Waals surface area contributed by atoms with Crippen LogP contribution in [0.25, 0.3) is 10.9 Å². The van der Waals surface area contributed by atoms with Crippen molar-refractivity contribution in [1.29, 1.82) is 0 Å². The number of aromatic nitrogens is 2. The molecule has 0 saturated heterocycles. The SMILES string of the molecule is Nc1c(Br)cc2ncncc2c1Cl. The van der Waals surface area contributed by atoms with Crippen LogP contribution in [0.4, 0.5) is 5.69 Å². The molecule has 1 heterocycles. The fourth-order valence-corrected chi connectivity index (χ4v) is 1.85. The Morgan fingerprint density at radius 3 is 3.00 bits per heavy atom. The summed E-state index contributed by atoms with van der Waals surface area (Å²) in [5.41, 5.74) is 7.01. The molecule has 0 fully saturated rings. The number of anilines is 1. The molecule has 66 valence electrons. The van der Waals surface area contributed by atoms with Crippen molar-refractivity contribution < 1.29 is 0 Å². The van der Waals surface area contributed by atoms with Gasteiger partial charge in [-0.1, -0.05) is 11.6 Å². The van der Waals surface area contributed by atoms with Crippen LogP contribution in [0, 0.1) is 0 Å². The number of hydrogen-bond acceptors (Lipinski definition) is 3. The summed E-state index contributed by atoms with van der Waals surface area (Å²) in [6, 6.07) is 1.82. The third-order valence-corrected chi connectivity index (χ3v) is 2.80. The summed E-state index contributed by atoms with van der Waals surface area (Å²) in [4.78, 5) is 7.94. The van der Waals surface area contributed by atoms with E-state index in [1.807, 2.05) is 6.07 Å². The van der Waals surface area contributed by atoms with Crippen LogP contribution in [-0.4, -0.2) is 9.97 Å². The lowest BCUT2D eigenvalue weighted by atomic mass is 10.2. The summed E-state index contributed by atoms with van der Waals surface area (Å²) in [6.07, 6.45) is 3.12. The molecule has 0 amide bonds. The Balaban J connectivity index is 2.94. The predicted molar refractivity (Wildman–Crippen MR) is 56.7 cm³/mol. The van der Waals surface area contributed by atoms with E-state index in [9.17, 15) is 0 Å². The lowest BCUT2D eigenvalue weighted by Gasteiger charge is -2.04. The minimum Gasteiger partial charge on any atom is -0.397 e. The predicted octanol–water partition coefficient (Wildman–Crippen LogP) is 2.63. The summed E-state index contributed by atoms with van der Waals surface area (Å²) in [5, 5.41) is 1.26. The number of benzene rings is 1. The van der Waals surface area contributed by atoms with Gasteiger partial charge in [-0.3, -0.25) is 0 Å².